The third-order valence-electron chi connectivity index (χ3n) is 8.59. The molecular formula is C35H36ClF3N10O4S. The molecule has 0 spiro atoms. The maximum atomic E-state index is 14.1. The van der Waals surface area contributed by atoms with Crippen LogP contribution in [0.5, 0.6) is 5.75 Å². The molecule has 1 N–H and O–H groups in total. The first-order valence-electron chi connectivity index (χ1n) is 16.8. The van der Waals surface area contributed by atoms with Gasteiger partial charge in [0.15, 0.2) is 11.4 Å². The highest BCUT2D eigenvalue weighted by atomic mass is 35.5. The minimum Gasteiger partial charge on any atom is -0.485 e. The van der Waals surface area contributed by atoms with E-state index in [2.05, 4.69) is 25.4 Å². The number of hydrogen-bond donors (Lipinski definition) is 1. The highest BCUT2D eigenvalue weighted by molar-refractivity contribution is 8.00. The lowest BCUT2D eigenvalue weighted by Crippen LogP contribution is -2.51. The number of rotatable bonds is 11. The van der Waals surface area contributed by atoms with Gasteiger partial charge in [0.1, 0.15) is 25.2 Å². The van der Waals surface area contributed by atoms with Gasteiger partial charge >= 0.3 is 5.51 Å². The second kappa shape index (κ2) is 15.9. The monoisotopic (exact) mass is 784 g/mol. The second-order valence-electron chi connectivity index (χ2n) is 12.5. The number of alkyl halides is 3. The quantitative estimate of drug-likeness (QED) is 0.180. The van der Waals surface area contributed by atoms with Gasteiger partial charge in [0, 0.05) is 45.2 Å². The van der Waals surface area contributed by atoms with E-state index in [0.717, 1.165) is 16.1 Å². The van der Waals surface area contributed by atoms with Gasteiger partial charge in [-0.1, -0.05) is 48.9 Å². The lowest BCUT2D eigenvalue weighted by atomic mass is 10.2. The Morgan fingerprint density at radius 2 is 1.78 bits per heavy atom. The smallest absolute Gasteiger partial charge is 0.446 e. The van der Waals surface area contributed by atoms with E-state index >= 15 is 0 Å². The molecular weight excluding hydrogens is 749 g/mol. The van der Waals surface area contributed by atoms with Gasteiger partial charge in [-0.05, 0) is 48.9 Å². The molecule has 284 valence electrons. The number of carbonyl (C=O) groups excluding carboxylic acids is 2. The van der Waals surface area contributed by atoms with Crippen molar-refractivity contribution in [1.82, 2.24) is 34.0 Å². The Hall–Kier alpha value is -5.36. The zero-order chi connectivity index (χ0) is 38.7. The summed E-state index contributed by atoms with van der Waals surface area (Å²) in [6, 6.07) is 13.2. The van der Waals surface area contributed by atoms with E-state index < -0.39 is 17.0 Å². The van der Waals surface area contributed by atoms with Crippen LogP contribution in [0.1, 0.15) is 34.4 Å². The van der Waals surface area contributed by atoms with Crippen LogP contribution in [0.2, 0.25) is 5.02 Å². The van der Waals surface area contributed by atoms with Crippen molar-refractivity contribution in [2.75, 3.05) is 55.4 Å². The largest absolute Gasteiger partial charge is 0.485 e. The molecule has 0 aliphatic carbocycles. The third kappa shape index (κ3) is 8.38. The van der Waals surface area contributed by atoms with E-state index in [4.69, 9.17) is 16.3 Å². The lowest BCUT2D eigenvalue weighted by molar-refractivity contribution is -0.116. The van der Waals surface area contributed by atoms with E-state index in [9.17, 15) is 27.6 Å². The number of fused-ring (bicyclic) bond motifs is 1. The molecule has 1 aliphatic heterocycles. The van der Waals surface area contributed by atoms with Crippen molar-refractivity contribution in [2.45, 2.75) is 43.8 Å². The fourth-order valence-electron chi connectivity index (χ4n) is 6.04. The normalized spacial score (nSPS) is 13.3. The van der Waals surface area contributed by atoms with Crippen LogP contribution in [0.15, 0.2) is 64.5 Å². The molecule has 4 heterocycles. The molecule has 54 heavy (non-hydrogen) atoms. The topological polar surface area (TPSA) is 143 Å². The number of thioether (sulfide) groups is 1. The summed E-state index contributed by atoms with van der Waals surface area (Å²) in [7, 11) is 3.43. The van der Waals surface area contributed by atoms with Crippen molar-refractivity contribution < 1.29 is 27.5 Å². The van der Waals surface area contributed by atoms with Gasteiger partial charge in [-0.2, -0.15) is 22.7 Å². The van der Waals surface area contributed by atoms with E-state index in [-0.39, 0.29) is 90.0 Å². The Morgan fingerprint density at radius 1 is 1.06 bits per heavy atom. The van der Waals surface area contributed by atoms with Crippen molar-refractivity contribution >= 4 is 58.3 Å². The standard InChI is InChI=1S/C35H36ClF3N10O4S/c1-5-26-29(46-13-15-47(16-14-46)31(51)28-30(21(2)40-20-41-28)53-19-22-9-7-6-8-10-22)32(52)49-34(43-33(44-49)45(3)4)48(26)18-27(50)42-25-12-11-23(17-24(25)36)54-35(37,38)39/h6-12,17,20H,5,13-16,18-19H2,1-4H3,(H,42,50). The first-order valence-corrected chi connectivity index (χ1v) is 18.0. The summed E-state index contributed by atoms with van der Waals surface area (Å²) in [4.78, 5) is 59.5. The van der Waals surface area contributed by atoms with Crippen LogP contribution in [0.4, 0.5) is 30.5 Å². The molecule has 2 aromatic carbocycles. The van der Waals surface area contributed by atoms with Gasteiger partial charge < -0.3 is 29.3 Å². The van der Waals surface area contributed by atoms with Crippen LogP contribution < -0.4 is 25.4 Å². The molecule has 0 bridgehead atoms. The number of halogens is 4. The van der Waals surface area contributed by atoms with Gasteiger partial charge in [0.2, 0.25) is 17.6 Å². The summed E-state index contributed by atoms with van der Waals surface area (Å²) in [5, 5.41) is 7.01. The number of nitrogens with one attached hydrogen (secondary N) is 1. The zero-order valence-corrected chi connectivity index (χ0v) is 31.3. The number of ether oxygens (including phenoxy) is 1. The predicted molar refractivity (Wildman–Crippen MR) is 199 cm³/mol. The number of carbonyl (C=O) groups is 2. The Kier molecular flexibility index (Phi) is 11.3. The summed E-state index contributed by atoms with van der Waals surface area (Å²) in [5.74, 6) is -0.233. The predicted octanol–water partition coefficient (Wildman–Crippen LogP) is 5.06. The molecule has 1 fully saturated rings. The van der Waals surface area contributed by atoms with Gasteiger partial charge in [-0.25, -0.2) is 9.97 Å². The number of anilines is 3. The molecule has 3 aromatic heterocycles. The summed E-state index contributed by atoms with van der Waals surface area (Å²) in [6.45, 7) is 4.57. The van der Waals surface area contributed by atoms with E-state index in [1.54, 1.807) is 35.4 Å². The molecule has 19 heteroatoms. The first-order chi connectivity index (χ1) is 25.7. The summed E-state index contributed by atoms with van der Waals surface area (Å²) in [6.07, 6.45) is 1.65. The van der Waals surface area contributed by atoms with Crippen LogP contribution in [-0.4, -0.2) is 91.6 Å². The fraction of sp³-hybridized carbons (Fsp3) is 0.343. The van der Waals surface area contributed by atoms with Gasteiger partial charge in [-0.3, -0.25) is 14.4 Å². The molecule has 0 unspecified atom stereocenters. The third-order valence-corrected chi connectivity index (χ3v) is 9.63. The number of hydrogen-bond acceptors (Lipinski definition) is 11. The Labute approximate surface area is 316 Å². The van der Waals surface area contributed by atoms with Crippen molar-refractivity contribution in [1.29, 1.82) is 0 Å². The first kappa shape index (κ1) is 38.4. The van der Waals surface area contributed by atoms with Gasteiger partial charge in [-0.15, -0.1) is 5.10 Å². The van der Waals surface area contributed by atoms with Crippen molar-refractivity contribution in [3.05, 3.63) is 92.9 Å². The zero-order valence-electron chi connectivity index (χ0n) is 29.7. The van der Waals surface area contributed by atoms with Crippen LogP contribution in [-0.2, 0) is 24.4 Å². The number of aromatic nitrogens is 6. The molecule has 5 aromatic rings. The van der Waals surface area contributed by atoms with Crippen molar-refractivity contribution in [3.63, 3.8) is 0 Å². The number of aryl methyl sites for hydroxylation is 1. The van der Waals surface area contributed by atoms with Gasteiger partial charge in [0.05, 0.1) is 22.1 Å². The van der Waals surface area contributed by atoms with E-state index in [0.29, 0.717) is 29.2 Å². The summed E-state index contributed by atoms with van der Waals surface area (Å²) < 4.78 is 47.4. The SMILES string of the molecule is CCc1c(N2CCN(C(=O)c3ncnc(C)c3OCc3ccccc3)CC2)c(=O)n2nc(N(C)C)nc2n1CC(=O)Nc1ccc(SC(F)(F)F)cc1Cl. The van der Waals surface area contributed by atoms with Crippen LogP contribution >= 0.6 is 23.4 Å². The summed E-state index contributed by atoms with van der Waals surface area (Å²) >= 11 is 5.94. The van der Waals surface area contributed by atoms with Crippen LogP contribution in [0, 0.1) is 6.92 Å². The molecule has 6 rings (SSSR count). The molecule has 0 saturated carbocycles. The highest BCUT2D eigenvalue weighted by Crippen LogP contribution is 2.39. The maximum absolute atomic E-state index is 14.1. The number of piperazine rings is 1. The molecule has 14 nitrogen and oxygen atoms in total. The maximum Gasteiger partial charge on any atom is 0.446 e. The molecule has 1 saturated heterocycles. The Balaban J connectivity index is 1.25. The fourth-order valence-corrected chi connectivity index (χ4v) is 6.91. The Morgan fingerprint density at radius 3 is 2.43 bits per heavy atom. The highest BCUT2D eigenvalue weighted by Gasteiger charge is 2.32. The number of benzene rings is 2. The second-order valence-corrected chi connectivity index (χ2v) is 14.0. The Bertz CT molecular complexity index is 2240. The van der Waals surface area contributed by atoms with Crippen molar-refractivity contribution in [3.8, 4) is 5.75 Å². The molecule has 0 atom stereocenters. The van der Waals surface area contributed by atoms with Crippen LogP contribution in [0.3, 0.4) is 0 Å². The lowest BCUT2D eigenvalue weighted by Gasteiger charge is -2.36. The van der Waals surface area contributed by atoms with Crippen molar-refractivity contribution in [2.24, 2.45) is 0 Å². The molecule has 2 amide bonds. The molecule has 0 radical (unpaired) electrons. The minimum atomic E-state index is -4.50. The average molecular weight is 785 g/mol. The van der Waals surface area contributed by atoms with E-state index in [1.165, 1.54) is 18.5 Å². The number of amides is 2. The van der Waals surface area contributed by atoms with E-state index in [1.807, 2.05) is 42.2 Å². The average Bonchev–Trinajstić information content (AvgIpc) is 3.60. The van der Waals surface area contributed by atoms with Crippen LogP contribution in [0.25, 0.3) is 5.78 Å². The van der Waals surface area contributed by atoms with Gasteiger partial charge in [0.25, 0.3) is 11.5 Å². The number of nitrogens with zero attached hydrogens (tertiary/aromatic N) is 9. The minimum absolute atomic E-state index is 0.0733. The summed E-state index contributed by atoms with van der Waals surface area (Å²) in [5.41, 5.74) is -2.42. The molecule has 1 aliphatic rings.